The lowest BCUT2D eigenvalue weighted by molar-refractivity contribution is 0.0586. The van der Waals surface area contributed by atoms with Gasteiger partial charge >= 0.3 is 5.97 Å². The van der Waals surface area contributed by atoms with Crippen LogP contribution in [0.5, 0.6) is 0 Å². The van der Waals surface area contributed by atoms with E-state index in [0.717, 1.165) is 5.56 Å². The summed E-state index contributed by atoms with van der Waals surface area (Å²) in [5.41, 5.74) is 2.95. The number of nitrogens with one attached hydrogen (secondary N) is 1. The van der Waals surface area contributed by atoms with Gasteiger partial charge in [-0.15, -0.1) is 0 Å². The molecule has 0 radical (unpaired) electrons. The Balaban J connectivity index is 2.20. The minimum absolute atomic E-state index is 0.0724. The highest BCUT2D eigenvalue weighted by Crippen LogP contribution is 2.32. The summed E-state index contributed by atoms with van der Waals surface area (Å²) in [7, 11) is 3.04. The fraction of sp³-hybridized carbons (Fsp3) is 0.286. The maximum atomic E-state index is 12.6. The van der Waals surface area contributed by atoms with E-state index in [4.69, 9.17) is 16.3 Å². The zero-order chi connectivity index (χ0) is 22.0. The number of esters is 1. The molecule has 0 aliphatic carbocycles. The van der Waals surface area contributed by atoms with Gasteiger partial charge in [0.2, 0.25) is 0 Å². The van der Waals surface area contributed by atoms with Crippen molar-refractivity contribution in [2.24, 2.45) is 7.05 Å². The van der Waals surface area contributed by atoms with Crippen LogP contribution in [0.15, 0.2) is 46.1 Å². The number of benzene rings is 1. The van der Waals surface area contributed by atoms with Crippen molar-refractivity contribution in [1.29, 1.82) is 0 Å². The smallest absolute Gasteiger partial charge is 0.356 e. The number of aryl methyl sites for hydroxylation is 2. The average Bonchev–Trinajstić information content (AvgIpc) is 3.06. The van der Waals surface area contributed by atoms with Crippen molar-refractivity contribution in [2.75, 3.05) is 12.4 Å². The molecule has 0 amide bonds. The minimum atomic E-state index is -0.489. The Morgan fingerprint density at radius 1 is 1.33 bits per heavy atom. The van der Waals surface area contributed by atoms with Gasteiger partial charge in [-0.1, -0.05) is 23.7 Å². The third kappa shape index (κ3) is 4.29. The SMILES string of the molecule is CCn1c(Br)nc(C(Nc2cc(C)c(=O)n(C)c2)c2ccc(Cl)cc2)c1C(=O)OC. The Morgan fingerprint density at radius 3 is 2.57 bits per heavy atom. The van der Waals surface area contributed by atoms with E-state index in [1.54, 1.807) is 42.9 Å². The van der Waals surface area contributed by atoms with Crippen LogP contribution in [-0.4, -0.2) is 27.2 Å². The maximum absolute atomic E-state index is 12.6. The first-order chi connectivity index (χ1) is 14.3. The van der Waals surface area contributed by atoms with Gasteiger partial charge in [-0.25, -0.2) is 9.78 Å². The summed E-state index contributed by atoms with van der Waals surface area (Å²) in [6.45, 7) is 4.21. The first-order valence-corrected chi connectivity index (χ1v) is 10.5. The van der Waals surface area contributed by atoms with Gasteiger partial charge in [-0.05, 0) is 53.5 Å². The third-order valence-electron chi connectivity index (χ3n) is 4.79. The van der Waals surface area contributed by atoms with Crippen molar-refractivity contribution in [2.45, 2.75) is 26.4 Å². The first-order valence-electron chi connectivity index (χ1n) is 9.30. The molecule has 1 unspecified atom stereocenters. The number of rotatable bonds is 6. The molecule has 1 aromatic carbocycles. The molecule has 0 spiro atoms. The quantitative estimate of drug-likeness (QED) is 0.518. The van der Waals surface area contributed by atoms with Crippen LogP contribution in [0.2, 0.25) is 5.02 Å². The lowest BCUT2D eigenvalue weighted by Crippen LogP contribution is -2.22. The van der Waals surface area contributed by atoms with Gasteiger partial charge in [0.15, 0.2) is 10.4 Å². The van der Waals surface area contributed by atoms with Crippen LogP contribution in [0, 0.1) is 6.92 Å². The van der Waals surface area contributed by atoms with E-state index in [0.29, 0.717) is 38.9 Å². The van der Waals surface area contributed by atoms with Crippen LogP contribution in [0.25, 0.3) is 0 Å². The lowest BCUT2D eigenvalue weighted by atomic mass is 10.0. The van der Waals surface area contributed by atoms with Crippen molar-refractivity contribution in [1.82, 2.24) is 14.1 Å². The van der Waals surface area contributed by atoms with Crippen LogP contribution in [-0.2, 0) is 18.3 Å². The number of imidazole rings is 1. The number of carbonyl (C=O) groups excluding carboxylic acids is 1. The summed E-state index contributed by atoms with van der Waals surface area (Å²) in [6.07, 6.45) is 1.71. The molecule has 0 saturated heterocycles. The Kier molecular flexibility index (Phi) is 6.67. The maximum Gasteiger partial charge on any atom is 0.356 e. The van der Waals surface area contributed by atoms with Crippen LogP contribution >= 0.6 is 27.5 Å². The first kappa shape index (κ1) is 22.1. The van der Waals surface area contributed by atoms with E-state index in [9.17, 15) is 9.59 Å². The Bertz CT molecular complexity index is 1110. The summed E-state index contributed by atoms with van der Waals surface area (Å²) in [5, 5.41) is 4.02. The number of hydrogen-bond acceptors (Lipinski definition) is 5. The summed E-state index contributed by atoms with van der Waals surface area (Å²) >= 11 is 9.52. The van der Waals surface area contributed by atoms with Gasteiger partial charge in [-0.3, -0.25) is 4.79 Å². The molecular weight excluding hydrogens is 472 g/mol. The zero-order valence-electron chi connectivity index (χ0n) is 17.1. The molecule has 1 N–H and O–H groups in total. The van der Waals surface area contributed by atoms with E-state index in [1.807, 2.05) is 19.1 Å². The number of aromatic nitrogens is 3. The van der Waals surface area contributed by atoms with E-state index in [2.05, 4.69) is 26.2 Å². The topological polar surface area (TPSA) is 78.2 Å². The molecule has 0 aliphatic heterocycles. The third-order valence-corrected chi connectivity index (χ3v) is 5.65. The second-order valence-electron chi connectivity index (χ2n) is 6.81. The second-order valence-corrected chi connectivity index (χ2v) is 7.95. The predicted octanol–water partition coefficient (Wildman–Crippen LogP) is 4.31. The fourth-order valence-electron chi connectivity index (χ4n) is 3.33. The standard InChI is InChI=1S/C21H22BrClN4O3/c1-5-27-18(20(29)30-4)17(25-21(27)22)16(13-6-8-14(23)9-7-13)24-15-10-12(2)19(28)26(3)11-15/h6-11,16,24H,5H2,1-4H3. The van der Waals surface area contributed by atoms with Crippen molar-refractivity contribution in [3.05, 3.63) is 79.2 Å². The molecule has 158 valence electrons. The fourth-order valence-corrected chi connectivity index (χ4v) is 4.08. The monoisotopic (exact) mass is 492 g/mol. The van der Waals surface area contributed by atoms with E-state index >= 15 is 0 Å². The van der Waals surface area contributed by atoms with Gasteiger partial charge in [0.1, 0.15) is 5.69 Å². The van der Waals surface area contributed by atoms with E-state index in [1.165, 1.54) is 11.7 Å². The molecule has 9 heteroatoms. The van der Waals surface area contributed by atoms with Gasteiger partial charge in [0.05, 0.1) is 18.8 Å². The minimum Gasteiger partial charge on any atom is -0.464 e. The Labute approximate surface area is 187 Å². The zero-order valence-corrected chi connectivity index (χ0v) is 19.4. The normalized spacial score (nSPS) is 11.9. The number of anilines is 1. The molecule has 2 heterocycles. The summed E-state index contributed by atoms with van der Waals surface area (Å²) in [5.74, 6) is -0.484. The number of carbonyl (C=O) groups is 1. The van der Waals surface area contributed by atoms with Gasteiger partial charge in [-0.2, -0.15) is 0 Å². The summed E-state index contributed by atoms with van der Waals surface area (Å²) in [4.78, 5) is 29.3. The highest BCUT2D eigenvalue weighted by Gasteiger charge is 2.29. The largest absolute Gasteiger partial charge is 0.464 e. The molecular formula is C21H22BrClN4O3. The lowest BCUT2D eigenvalue weighted by Gasteiger charge is -2.21. The number of halogens is 2. The van der Waals surface area contributed by atoms with Gasteiger partial charge < -0.3 is 19.2 Å². The molecule has 0 aliphatic rings. The number of hydrogen-bond donors (Lipinski definition) is 1. The summed E-state index contributed by atoms with van der Waals surface area (Å²) < 4.78 is 8.81. The molecule has 2 aromatic heterocycles. The molecule has 7 nitrogen and oxygen atoms in total. The number of nitrogens with zero attached hydrogens (tertiary/aromatic N) is 3. The Morgan fingerprint density at radius 2 is 2.00 bits per heavy atom. The van der Waals surface area contributed by atoms with E-state index in [-0.39, 0.29) is 5.56 Å². The highest BCUT2D eigenvalue weighted by atomic mass is 79.9. The van der Waals surface area contributed by atoms with Crippen LogP contribution in [0.1, 0.15) is 40.3 Å². The number of ether oxygens (including phenoxy) is 1. The molecule has 0 saturated carbocycles. The van der Waals surface area contributed by atoms with Crippen LogP contribution < -0.4 is 10.9 Å². The van der Waals surface area contributed by atoms with Crippen molar-refractivity contribution < 1.29 is 9.53 Å². The highest BCUT2D eigenvalue weighted by molar-refractivity contribution is 9.10. The molecule has 30 heavy (non-hydrogen) atoms. The van der Waals surface area contributed by atoms with Crippen molar-refractivity contribution in [3.63, 3.8) is 0 Å². The molecule has 0 bridgehead atoms. The number of pyridine rings is 1. The van der Waals surface area contributed by atoms with Crippen LogP contribution in [0.3, 0.4) is 0 Å². The molecule has 3 rings (SSSR count). The Hall–Kier alpha value is -2.58. The molecule has 0 fully saturated rings. The van der Waals surface area contributed by atoms with E-state index < -0.39 is 12.0 Å². The molecule has 3 aromatic rings. The average molecular weight is 494 g/mol. The molecule has 1 atom stereocenters. The van der Waals surface area contributed by atoms with Gasteiger partial charge in [0, 0.05) is 30.4 Å². The van der Waals surface area contributed by atoms with Crippen molar-refractivity contribution >= 4 is 39.2 Å². The predicted molar refractivity (Wildman–Crippen MR) is 120 cm³/mol. The number of methoxy groups -OCH3 is 1. The second kappa shape index (κ2) is 9.06. The van der Waals surface area contributed by atoms with Crippen molar-refractivity contribution in [3.8, 4) is 0 Å². The van der Waals surface area contributed by atoms with Crippen LogP contribution in [0.4, 0.5) is 5.69 Å². The summed E-state index contributed by atoms with van der Waals surface area (Å²) in [6, 6.07) is 8.58. The van der Waals surface area contributed by atoms with Gasteiger partial charge in [0.25, 0.3) is 5.56 Å².